The molecule has 0 radical (unpaired) electrons. The number of methoxy groups -OCH3 is 1. The van der Waals surface area contributed by atoms with Gasteiger partial charge in [0.25, 0.3) is 5.91 Å². The summed E-state index contributed by atoms with van der Waals surface area (Å²) in [5, 5.41) is 9.13. The van der Waals surface area contributed by atoms with E-state index in [-0.39, 0.29) is 18.0 Å². The van der Waals surface area contributed by atoms with Crippen molar-refractivity contribution < 1.29 is 19.4 Å². The Morgan fingerprint density at radius 3 is 2.47 bits per heavy atom. The number of nitrogens with zero attached hydrogens (tertiary/aromatic N) is 1. The molecule has 2 fully saturated rings. The van der Waals surface area contributed by atoms with Gasteiger partial charge in [0.05, 0.1) is 5.92 Å². The van der Waals surface area contributed by atoms with Crippen LogP contribution in [0.15, 0.2) is 0 Å². The fraction of sp³-hybridized carbons (Fsp3) is 0.833. The van der Waals surface area contributed by atoms with E-state index >= 15 is 0 Å². The van der Waals surface area contributed by atoms with E-state index < -0.39 is 17.5 Å². The molecule has 0 spiro atoms. The second-order valence-corrected chi connectivity index (χ2v) is 5.41. The number of ether oxygens (including phenoxy) is 1. The predicted octanol–water partition coefficient (Wildman–Crippen LogP) is 0.875. The Balaban J connectivity index is 2.19. The van der Waals surface area contributed by atoms with E-state index in [2.05, 4.69) is 0 Å². The van der Waals surface area contributed by atoms with E-state index in [1.54, 1.807) is 18.7 Å². The van der Waals surface area contributed by atoms with E-state index in [0.717, 1.165) is 12.8 Å². The summed E-state index contributed by atoms with van der Waals surface area (Å²) >= 11 is 0. The maximum absolute atomic E-state index is 12.3. The van der Waals surface area contributed by atoms with Crippen LogP contribution in [0.3, 0.4) is 0 Å². The van der Waals surface area contributed by atoms with Crippen molar-refractivity contribution >= 4 is 11.9 Å². The third-order valence-electron chi connectivity index (χ3n) is 4.11. The largest absolute Gasteiger partial charge is 0.481 e. The summed E-state index contributed by atoms with van der Waals surface area (Å²) < 4.78 is 5.19. The van der Waals surface area contributed by atoms with Crippen LogP contribution in [0.4, 0.5) is 0 Å². The molecule has 5 nitrogen and oxygen atoms in total. The summed E-state index contributed by atoms with van der Waals surface area (Å²) in [6, 6.07) is -0.0533. The van der Waals surface area contributed by atoms with Gasteiger partial charge in [-0.1, -0.05) is 0 Å². The number of rotatable bonds is 3. The van der Waals surface area contributed by atoms with Gasteiger partial charge in [0.2, 0.25) is 0 Å². The van der Waals surface area contributed by atoms with Crippen LogP contribution >= 0.6 is 0 Å². The summed E-state index contributed by atoms with van der Waals surface area (Å²) in [5.41, 5.74) is -0.867. The Kier molecular flexibility index (Phi) is 2.89. The van der Waals surface area contributed by atoms with Crippen LogP contribution in [0.25, 0.3) is 0 Å². The van der Waals surface area contributed by atoms with Crippen molar-refractivity contribution in [3.05, 3.63) is 0 Å². The summed E-state index contributed by atoms with van der Waals surface area (Å²) in [5.74, 6) is -1.27. The molecule has 3 atom stereocenters. The normalized spacial score (nSPS) is 31.9. The van der Waals surface area contributed by atoms with Gasteiger partial charge < -0.3 is 14.7 Å². The topological polar surface area (TPSA) is 66.8 Å². The van der Waals surface area contributed by atoms with Gasteiger partial charge in [-0.05, 0) is 33.1 Å². The lowest BCUT2D eigenvalue weighted by molar-refractivity contribution is -0.153. The standard InChI is InChI=1S/C12H19NO4/c1-12(2,17-3)11(16)13-7-4-5-9(13)8(6-7)10(14)15/h7-9H,4-6H2,1-3H3,(H,14,15). The van der Waals surface area contributed by atoms with Crippen molar-refractivity contribution in [2.24, 2.45) is 5.92 Å². The molecular weight excluding hydrogens is 222 g/mol. The SMILES string of the molecule is COC(C)(C)C(=O)N1C2CCC1C(C(=O)O)C2. The molecule has 1 amide bonds. The monoisotopic (exact) mass is 241 g/mol. The number of aliphatic carboxylic acids is 1. The molecule has 0 saturated carbocycles. The average Bonchev–Trinajstić information content (AvgIpc) is 2.84. The molecule has 0 aliphatic carbocycles. The quantitative estimate of drug-likeness (QED) is 0.796. The minimum Gasteiger partial charge on any atom is -0.481 e. The maximum Gasteiger partial charge on any atom is 0.308 e. The minimum atomic E-state index is -0.867. The fourth-order valence-electron chi connectivity index (χ4n) is 2.97. The zero-order valence-corrected chi connectivity index (χ0v) is 10.5. The van der Waals surface area contributed by atoms with Gasteiger partial charge in [-0.15, -0.1) is 0 Å². The second kappa shape index (κ2) is 3.98. The molecule has 0 aromatic rings. The highest BCUT2D eigenvalue weighted by molar-refractivity contribution is 5.87. The fourth-order valence-corrected chi connectivity index (χ4v) is 2.97. The van der Waals surface area contributed by atoms with Gasteiger partial charge in [0, 0.05) is 19.2 Å². The van der Waals surface area contributed by atoms with Crippen molar-refractivity contribution in [3.8, 4) is 0 Å². The molecule has 2 bridgehead atoms. The van der Waals surface area contributed by atoms with Crippen LogP contribution in [-0.2, 0) is 14.3 Å². The molecule has 2 heterocycles. The lowest BCUT2D eigenvalue weighted by atomic mass is 9.89. The van der Waals surface area contributed by atoms with Gasteiger partial charge in [0.15, 0.2) is 0 Å². The van der Waals surface area contributed by atoms with Gasteiger partial charge in [-0.3, -0.25) is 9.59 Å². The summed E-state index contributed by atoms with van der Waals surface area (Å²) in [4.78, 5) is 25.2. The van der Waals surface area contributed by atoms with Crippen molar-refractivity contribution in [2.75, 3.05) is 7.11 Å². The van der Waals surface area contributed by atoms with Gasteiger partial charge in [-0.25, -0.2) is 0 Å². The van der Waals surface area contributed by atoms with Crippen molar-refractivity contribution in [2.45, 2.75) is 50.8 Å². The Labute approximate surface area is 101 Å². The van der Waals surface area contributed by atoms with Crippen LogP contribution in [0.1, 0.15) is 33.1 Å². The Morgan fingerprint density at radius 2 is 2.00 bits per heavy atom. The van der Waals surface area contributed by atoms with Crippen molar-refractivity contribution in [3.63, 3.8) is 0 Å². The molecule has 2 aliphatic heterocycles. The molecule has 3 unspecified atom stereocenters. The summed E-state index contributed by atoms with van der Waals surface area (Å²) in [6.45, 7) is 3.45. The van der Waals surface area contributed by atoms with E-state index in [1.807, 2.05) is 0 Å². The maximum atomic E-state index is 12.3. The van der Waals surface area contributed by atoms with Crippen LogP contribution in [0.5, 0.6) is 0 Å². The first-order valence-electron chi connectivity index (χ1n) is 5.99. The summed E-state index contributed by atoms with van der Waals surface area (Å²) in [7, 11) is 1.50. The molecule has 2 saturated heterocycles. The first-order valence-corrected chi connectivity index (χ1v) is 5.99. The predicted molar refractivity (Wildman–Crippen MR) is 60.5 cm³/mol. The number of carbonyl (C=O) groups is 2. The molecular formula is C12H19NO4. The first kappa shape index (κ1) is 12.4. The van der Waals surface area contributed by atoms with Crippen LogP contribution in [-0.4, -0.2) is 46.7 Å². The highest BCUT2D eigenvalue weighted by atomic mass is 16.5. The van der Waals surface area contributed by atoms with E-state index in [0.29, 0.717) is 6.42 Å². The van der Waals surface area contributed by atoms with E-state index in [4.69, 9.17) is 9.84 Å². The van der Waals surface area contributed by atoms with Gasteiger partial charge >= 0.3 is 5.97 Å². The lowest BCUT2D eigenvalue weighted by Crippen LogP contribution is -2.49. The molecule has 0 aromatic carbocycles. The molecule has 5 heteroatoms. The molecule has 2 rings (SSSR count). The minimum absolute atomic E-state index is 0.0861. The van der Waals surface area contributed by atoms with E-state index in [1.165, 1.54) is 7.11 Å². The Hall–Kier alpha value is -1.10. The highest BCUT2D eigenvalue weighted by Crippen LogP contribution is 2.43. The van der Waals surface area contributed by atoms with Gasteiger partial charge in [0.1, 0.15) is 5.60 Å². The molecule has 2 aliphatic rings. The third kappa shape index (κ3) is 1.82. The molecule has 96 valence electrons. The summed E-state index contributed by atoms with van der Waals surface area (Å²) in [6.07, 6.45) is 2.30. The van der Waals surface area contributed by atoms with Crippen LogP contribution < -0.4 is 0 Å². The lowest BCUT2D eigenvalue weighted by Gasteiger charge is -2.31. The zero-order chi connectivity index (χ0) is 12.8. The molecule has 17 heavy (non-hydrogen) atoms. The number of carboxylic acid groups (broad SMARTS) is 1. The smallest absolute Gasteiger partial charge is 0.308 e. The third-order valence-corrected chi connectivity index (χ3v) is 4.11. The Morgan fingerprint density at radius 1 is 1.35 bits per heavy atom. The first-order chi connectivity index (χ1) is 7.88. The number of hydrogen-bond acceptors (Lipinski definition) is 3. The van der Waals surface area contributed by atoms with Crippen molar-refractivity contribution in [1.29, 1.82) is 0 Å². The Bertz CT molecular complexity index is 352. The van der Waals surface area contributed by atoms with Crippen LogP contribution in [0.2, 0.25) is 0 Å². The average molecular weight is 241 g/mol. The zero-order valence-electron chi connectivity index (χ0n) is 10.5. The number of hydrogen-bond donors (Lipinski definition) is 1. The number of fused-ring (bicyclic) bond motifs is 2. The molecule has 1 N–H and O–H groups in total. The highest BCUT2D eigenvalue weighted by Gasteiger charge is 2.53. The number of carbonyl (C=O) groups excluding carboxylic acids is 1. The molecule has 0 aromatic heterocycles. The van der Waals surface area contributed by atoms with Crippen LogP contribution in [0, 0.1) is 5.92 Å². The van der Waals surface area contributed by atoms with E-state index in [9.17, 15) is 9.59 Å². The van der Waals surface area contributed by atoms with Gasteiger partial charge in [-0.2, -0.15) is 0 Å². The second-order valence-electron chi connectivity index (χ2n) is 5.41. The van der Waals surface area contributed by atoms with Crippen molar-refractivity contribution in [1.82, 2.24) is 4.90 Å². The number of carboxylic acids is 1. The number of amides is 1.